The fourth-order valence-electron chi connectivity index (χ4n) is 1.15. The summed E-state index contributed by atoms with van der Waals surface area (Å²) in [5.74, 6) is 0.712. The first-order valence-electron chi connectivity index (χ1n) is 3.31. The number of rotatable bonds is 0. The van der Waals surface area contributed by atoms with Crippen LogP contribution in [0.5, 0.6) is 0 Å². The molecule has 0 aliphatic carbocycles. The zero-order valence-corrected chi connectivity index (χ0v) is 7.33. The molecule has 0 saturated carbocycles. The first-order valence-corrected chi connectivity index (χ1v) is 3.31. The van der Waals surface area contributed by atoms with Gasteiger partial charge in [-0.25, -0.2) is 4.99 Å². The van der Waals surface area contributed by atoms with E-state index in [4.69, 9.17) is 11.1 Å². The van der Waals surface area contributed by atoms with Crippen LogP contribution in [0, 0.1) is 5.41 Å². The molecule has 0 atom stereocenters. The Morgan fingerprint density at radius 1 is 1.17 bits per heavy atom. The third-order valence-electron chi connectivity index (χ3n) is 1.69. The Morgan fingerprint density at radius 2 is 1.75 bits per heavy atom. The second-order valence-electron chi connectivity index (χ2n) is 2.39. The fraction of sp³-hybridized carbons (Fsp3) is 0. The maximum atomic E-state index is 7.39. The molecular weight excluding hydrogens is 166 g/mol. The predicted octanol–water partition coefficient (Wildman–Crippen LogP) is 0.350. The van der Waals surface area contributed by atoms with Gasteiger partial charge in [-0.1, -0.05) is 24.3 Å². The average Bonchev–Trinajstić information content (AvgIpc) is 2.30. The van der Waals surface area contributed by atoms with E-state index in [1.165, 1.54) is 0 Å². The monoisotopic (exact) mass is 173 g/mol. The number of fused-ring (bicyclic) bond motifs is 1. The molecule has 1 heterocycles. The number of hydrogen-bond donors (Lipinski definition) is 2. The average molecular weight is 173 g/mol. The molecule has 3 N–H and O–H groups in total. The van der Waals surface area contributed by atoms with Crippen LogP contribution in [-0.4, -0.2) is 22.6 Å². The zero-order valence-electron chi connectivity index (χ0n) is 6.33. The van der Waals surface area contributed by atoms with Gasteiger partial charge in [0.05, 0.1) is 0 Å². The van der Waals surface area contributed by atoms with E-state index >= 15 is 0 Å². The Labute approximate surface area is 74.8 Å². The first-order chi connectivity index (χ1) is 5.29. The van der Waals surface area contributed by atoms with Crippen LogP contribution in [0.4, 0.5) is 0 Å². The summed E-state index contributed by atoms with van der Waals surface area (Å²) in [6.45, 7) is 0. The van der Waals surface area contributed by atoms with E-state index in [0.717, 1.165) is 11.1 Å². The van der Waals surface area contributed by atoms with Crippen LogP contribution in [-0.2, 0) is 0 Å². The number of nitrogens with zero attached hydrogens (tertiary/aromatic N) is 1. The molecule has 0 unspecified atom stereocenters. The Bertz CT molecular complexity index is 357. The van der Waals surface area contributed by atoms with Gasteiger partial charge in [0.25, 0.3) is 0 Å². The molecule has 1 aromatic carbocycles. The van der Waals surface area contributed by atoms with Crippen molar-refractivity contribution in [3.63, 3.8) is 0 Å². The quantitative estimate of drug-likeness (QED) is 0.546. The minimum atomic E-state index is 0. The van der Waals surface area contributed by atoms with Crippen molar-refractivity contribution >= 4 is 22.6 Å². The molecule has 0 fully saturated rings. The molecule has 1 aromatic rings. The van der Waals surface area contributed by atoms with Crippen molar-refractivity contribution in [1.29, 1.82) is 5.41 Å². The van der Waals surface area contributed by atoms with Crippen LogP contribution in [0.1, 0.15) is 11.1 Å². The van der Waals surface area contributed by atoms with E-state index in [2.05, 4.69) is 4.99 Å². The van der Waals surface area contributed by atoms with Crippen LogP contribution in [0.3, 0.4) is 0 Å². The molecule has 0 amide bonds. The first kappa shape index (κ1) is 8.67. The molecule has 0 aromatic heterocycles. The summed E-state index contributed by atoms with van der Waals surface area (Å²) in [7, 11) is 0. The maximum Gasteiger partial charge on any atom is 4.00 e. The zero-order chi connectivity index (χ0) is 7.84. The third kappa shape index (κ3) is 1.06. The molecule has 1 aliphatic heterocycles. The number of aliphatic imine (C=N–C) groups is 1. The minimum Gasteiger partial charge on any atom is -0.383 e. The number of hydrogen-bond acceptors (Lipinski definition) is 2. The van der Waals surface area contributed by atoms with Gasteiger partial charge in [-0.3, -0.25) is 5.41 Å². The molecule has 3 nitrogen and oxygen atoms in total. The van der Waals surface area contributed by atoms with Gasteiger partial charge in [0.1, 0.15) is 5.84 Å². The van der Waals surface area contributed by atoms with Crippen molar-refractivity contribution < 1.29 is 0 Å². The number of nitrogens with two attached hydrogens (primary N) is 1. The summed E-state index contributed by atoms with van der Waals surface area (Å²) < 4.78 is 0. The number of benzene rings is 1. The van der Waals surface area contributed by atoms with E-state index in [0.29, 0.717) is 5.84 Å². The van der Waals surface area contributed by atoms with Gasteiger partial charge in [0.15, 0.2) is 5.84 Å². The Kier molecular flexibility index (Phi) is 2.10. The van der Waals surface area contributed by atoms with Gasteiger partial charge < -0.3 is 5.73 Å². The van der Waals surface area contributed by atoms with Crippen LogP contribution >= 0.6 is 0 Å². The Hall–Kier alpha value is -1.42. The Balaban J connectivity index is 0.000000720. The summed E-state index contributed by atoms with van der Waals surface area (Å²) in [6.07, 6.45) is 0. The van der Waals surface area contributed by atoms with E-state index < -0.39 is 0 Å². The van der Waals surface area contributed by atoms with Gasteiger partial charge >= 0.3 is 11.0 Å². The molecule has 1 aliphatic rings. The van der Waals surface area contributed by atoms with Gasteiger partial charge in [-0.05, 0) is 0 Å². The summed E-state index contributed by atoms with van der Waals surface area (Å²) in [6, 6.07) is 7.48. The van der Waals surface area contributed by atoms with Crippen LogP contribution in [0.2, 0.25) is 0 Å². The SMILES string of the molecule is N=C1N=C(N)c2ccccc21.[Si+4]. The molecule has 0 radical (unpaired) electrons. The number of amidine groups is 2. The molecule has 4 heteroatoms. The van der Waals surface area contributed by atoms with Gasteiger partial charge in [-0.2, -0.15) is 0 Å². The van der Waals surface area contributed by atoms with Crippen molar-refractivity contribution in [3.8, 4) is 0 Å². The van der Waals surface area contributed by atoms with Gasteiger partial charge in [-0.15, -0.1) is 0 Å². The smallest absolute Gasteiger partial charge is 0.383 e. The summed E-state index contributed by atoms with van der Waals surface area (Å²) in [5, 5.41) is 7.39. The minimum absolute atomic E-state index is 0. The van der Waals surface area contributed by atoms with Crippen LogP contribution < -0.4 is 5.73 Å². The number of nitrogens with one attached hydrogen (secondary N) is 1. The second kappa shape index (κ2) is 2.90. The van der Waals surface area contributed by atoms with E-state index in [9.17, 15) is 0 Å². The van der Waals surface area contributed by atoms with E-state index in [-0.39, 0.29) is 16.8 Å². The molecular formula is C8H7N3Si+4. The van der Waals surface area contributed by atoms with Crippen molar-refractivity contribution in [2.45, 2.75) is 0 Å². The second-order valence-corrected chi connectivity index (χ2v) is 2.39. The molecule has 12 heavy (non-hydrogen) atoms. The third-order valence-corrected chi connectivity index (χ3v) is 1.69. The van der Waals surface area contributed by atoms with E-state index in [1.54, 1.807) is 0 Å². The maximum absolute atomic E-state index is 7.39. The van der Waals surface area contributed by atoms with Crippen LogP contribution in [0.25, 0.3) is 0 Å². The summed E-state index contributed by atoms with van der Waals surface area (Å²) in [5.41, 5.74) is 7.24. The summed E-state index contributed by atoms with van der Waals surface area (Å²) in [4.78, 5) is 3.83. The summed E-state index contributed by atoms with van der Waals surface area (Å²) >= 11 is 0. The van der Waals surface area contributed by atoms with Gasteiger partial charge in [0, 0.05) is 11.1 Å². The molecule has 0 saturated heterocycles. The normalized spacial score (nSPS) is 13.3. The molecule has 2 rings (SSSR count). The largest absolute Gasteiger partial charge is 4.00 e. The standard InChI is InChI=1S/C8H7N3.Si/c9-7-5-3-1-2-4-6(5)8(10)11-7;/h1-4H,(H3,9,10,11);/q;+4. The van der Waals surface area contributed by atoms with Crippen molar-refractivity contribution in [2.24, 2.45) is 10.7 Å². The van der Waals surface area contributed by atoms with Crippen molar-refractivity contribution in [3.05, 3.63) is 35.4 Å². The predicted molar refractivity (Wildman–Crippen MR) is 49.7 cm³/mol. The van der Waals surface area contributed by atoms with Gasteiger partial charge in [0.2, 0.25) is 0 Å². The fourth-order valence-corrected chi connectivity index (χ4v) is 1.15. The molecule has 0 spiro atoms. The van der Waals surface area contributed by atoms with Crippen LogP contribution in [0.15, 0.2) is 29.3 Å². The molecule has 0 bridgehead atoms. The Morgan fingerprint density at radius 3 is 2.33 bits per heavy atom. The topological polar surface area (TPSA) is 62.2 Å². The van der Waals surface area contributed by atoms with E-state index in [1.807, 2.05) is 24.3 Å². The molecule has 54 valence electrons. The van der Waals surface area contributed by atoms with Crippen molar-refractivity contribution in [1.82, 2.24) is 0 Å². The van der Waals surface area contributed by atoms with Crippen molar-refractivity contribution in [2.75, 3.05) is 0 Å².